The second-order valence-electron chi connectivity index (χ2n) is 5.04. The van der Waals surface area contributed by atoms with Crippen LogP contribution < -0.4 is 10.0 Å². The first-order chi connectivity index (χ1) is 8.36. The van der Waals surface area contributed by atoms with Gasteiger partial charge in [-0.2, -0.15) is 0 Å². The zero-order chi connectivity index (χ0) is 15.4. The second kappa shape index (κ2) is 6.20. The molecule has 0 fully saturated rings. The van der Waals surface area contributed by atoms with Crippen LogP contribution in [0.1, 0.15) is 20.8 Å². The van der Waals surface area contributed by atoms with Crippen molar-refractivity contribution < 1.29 is 23.1 Å². The molecule has 0 saturated carbocycles. The molecule has 0 heterocycles. The summed E-state index contributed by atoms with van der Waals surface area (Å²) in [7, 11) is -2.04. The number of hydrogen-bond acceptors (Lipinski definition) is 4. The Kier molecular flexibility index (Phi) is 5.76. The first-order valence-electron chi connectivity index (χ1n) is 5.58. The summed E-state index contributed by atoms with van der Waals surface area (Å²) in [5, 5.41) is 11.2. The van der Waals surface area contributed by atoms with Crippen molar-refractivity contribution in [3.8, 4) is 0 Å². The molecule has 0 aliphatic heterocycles. The van der Waals surface area contributed by atoms with Crippen molar-refractivity contribution in [1.82, 2.24) is 14.9 Å². The number of nitrogens with zero attached hydrogens (tertiary/aromatic N) is 1. The molecule has 0 aromatic heterocycles. The van der Waals surface area contributed by atoms with Crippen molar-refractivity contribution in [2.45, 2.75) is 32.4 Å². The lowest BCUT2D eigenvalue weighted by molar-refractivity contribution is -0.141. The van der Waals surface area contributed by atoms with Crippen LogP contribution in [0.4, 0.5) is 4.79 Å². The largest absolute Gasteiger partial charge is 0.480 e. The molecule has 0 aliphatic rings. The number of carbonyl (C=O) groups is 2. The molecule has 0 bridgehead atoms. The Morgan fingerprint density at radius 2 is 1.84 bits per heavy atom. The van der Waals surface area contributed by atoms with E-state index in [0.717, 1.165) is 11.2 Å². The Morgan fingerprint density at radius 1 is 1.37 bits per heavy atom. The van der Waals surface area contributed by atoms with Crippen molar-refractivity contribution >= 4 is 22.0 Å². The van der Waals surface area contributed by atoms with Crippen LogP contribution >= 0.6 is 0 Å². The van der Waals surface area contributed by atoms with E-state index >= 15 is 0 Å². The average Bonchev–Trinajstić information content (AvgIpc) is 2.20. The highest BCUT2D eigenvalue weighted by Crippen LogP contribution is 2.03. The minimum Gasteiger partial charge on any atom is -0.480 e. The van der Waals surface area contributed by atoms with Crippen LogP contribution in [0.25, 0.3) is 0 Å². The fourth-order valence-corrected chi connectivity index (χ4v) is 2.38. The normalized spacial score (nSPS) is 13.7. The molecule has 3 N–H and O–H groups in total. The summed E-state index contributed by atoms with van der Waals surface area (Å²) in [6, 6.07) is -1.55. The average molecular weight is 295 g/mol. The first kappa shape index (κ1) is 17.6. The molecule has 0 aromatic rings. The highest BCUT2D eigenvalue weighted by Gasteiger charge is 2.26. The van der Waals surface area contributed by atoms with Gasteiger partial charge in [0.25, 0.3) is 0 Å². The molecular weight excluding hydrogens is 274 g/mol. The van der Waals surface area contributed by atoms with Crippen molar-refractivity contribution in [1.29, 1.82) is 0 Å². The van der Waals surface area contributed by atoms with Crippen LogP contribution in [0.5, 0.6) is 0 Å². The number of urea groups is 1. The van der Waals surface area contributed by atoms with Gasteiger partial charge in [0.15, 0.2) is 0 Å². The van der Waals surface area contributed by atoms with Crippen LogP contribution in [-0.2, 0) is 14.8 Å². The van der Waals surface area contributed by atoms with E-state index in [1.165, 1.54) is 14.0 Å². The summed E-state index contributed by atoms with van der Waals surface area (Å²) in [5.74, 6) is -1.12. The van der Waals surface area contributed by atoms with Crippen LogP contribution in [0.15, 0.2) is 0 Å². The van der Waals surface area contributed by atoms with Crippen molar-refractivity contribution in [2.75, 3.05) is 19.8 Å². The Bertz CT molecular complexity index is 446. The summed E-state index contributed by atoms with van der Waals surface area (Å²) in [4.78, 5) is 23.4. The van der Waals surface area contributed by atoms with E-state index in [1.54, 1.807) is 13.8 Å². The number of sulfonamides is 1. The van der Waals surface area contributed by atoms with Gasteiger partial charge in [0.05, 0.1) is 6.26 Å². The lowest BCUT2D eigenvalue weighted by atomic mass is 10.1. The van der Waals surface area contributed by atoms with Crippen molar-refractivity contribution in [3.63, 3.8) is 0 Å². The highest BCUT2D eigenvalue weighted by molar-refractivity contribution is 7.88. The summed E-state index contributed by atoms with van der Waals surface area (Å²) in [5.41, 5.74) is -0.865. The quantitative estimate of drug-likeness (QED) is 0.607. The smallest absolute Gasteiger partial charge is 0.326 e. The number of carboxylic acids is 1. The van der Waals surface area contributed by atoms with E-state index in [0.29, 0.717) is 0 Å². The van der Waals surface area contributed by atoms with E-state index in [-0.39, 0.29) is 6.54 Å². The van der Waals surface area contributed by atoms with Gasteiger partial charge in [-0.25, -0.2) is 22.7 Å². The Balaban J connectivity index is 4.48. The van der Waals surface area contributed by atoms with E-state index in [4.69, 9.17) is 5.11 Å². The monoisotopic (exact) mass is 295 g/mol. The summed E-state index contributed by atoms with van der Waals surface area (Å²) in [6.45, 7) is 4.63. The molecule has 1 atom stereocenters. The second-order valence-corrected chi connectivity index (χ2v) is 6.79. The number of likely N-dealkylation sites (N-methyl/N-ethyl adjacent to an activating group) is 1. The van der Waals surface area contributed by atoms with Gasteiger partial charge >= 0.3 is 12.0 Å². The van der Waals surface area contributed by atoms with Gasteiger partial charge in [0.2, 0.25) is 10.0 Å². The third-order valence-corrected chi connectivity index (χ3v) is 3.33. The van der Waals surface area contributed by atoms with E-state index in [9.17, 15) is 18.0 Å². The molecule has 0 saturated heterocycles. The zero-order valence-electron chi connectivity index (χ0n) is 11.7. The fourth-order valence-electron chi connectivity index (χ4n) is 1.30. The number of amides is 2. The predicted molar refractivity (Wildman–Crippen MR) is 70.3 cm³/mol. The molecule has 19 heavy (non-hydrogen) atoms. The summed E-state index contributed by atoms with van der Waals surface area (Å²) in [6.07, 6.45) is 1.02. The van der Waals surface area contributed by atoms with Crippen LogP contribution in [0.2, 0.25) is 0 Å². The van der Waals surface area contributed by atoms with E-state index in [1.807, 2.05) is 0 Å². The lowest BCUT2D eigenvalue weighted by Crippen LogP contribution is -2.54. The molecule has 112 valence electrons. The standard InChI is InChI=1S/C10H21N3O5S/c1-7(8(14)15)13(4)9(16)11-6-10(2,3)12-19(5,17)18/h7,12H,6H2,1-5H3,(H,11,16)(H,14,15). The van der Waals surface area contributed by atoms with Gasteiger partial charge in [-0.05, 0) is 20.8 Å². The number of carbonyl (C=O) groups excluding carboxylic acids is 1. The van der Waals surface area contributed by atoms with Gasteiger partial charge in [-0.1, -0.05) is 0 Å². The van der Waals surface area contributed by atoms with E-state index in [2.05, 4.69) is 10.0 Å². The third-order valence-electron chi connectivity index (χ3n) is 2.40. The number of nitrogens with one attached hydrogen (secondary N) is 2. The van der Waals surface area contributed by atoms with Gasteiger partial charge < -0.3 is 15.3 Å². The van der Waals surface area contributed by atoms with Crippen molar-refractivity contribution in [3.05, 3.63) is 0 Å². The van der Waals surface area contributed by atoms with Crippen molar-refractivity contribution in [2.24, 2.45) is 0 Å². The maximum absolute atomic E-state index is 11.7. The zero-order valence-corrected chi connectivity index (χ0v) is 12.5. The molecule has 0 aliphatic carbocycles. The highest BCUT2D eigenvalue weighted by atomic mass is 32.2. The maximum Gasteiger partial charge on any atom is 0.326 e. The van der Waals surface area contributed by atoms with Gasteiger partial charge in [-0.3, -0.25) is 0 Å². The molecule has 0 radical (unpaired) electrons. The maximum atomic E-state index is 11.7. The Hall–Kier alpha value is -1.35. The fraction of sp³-hybridized carbons (Fsp3) is 0.800. The molecule has 9 heteroatoms. The number of rotatable bonds is 6. The molecule has 1 unspecified atom stereocenters. The van der Waals surface area contributed by atoms with Gasteiger partial charge in [0.1, 0.15) is 6.04 Å². The minimum absolute atomic E-state index is 0.0373. The molecule has 2 amide bonds. The minimum atomic E-state index is -3.39. The topological polar surface area (TPSA) is 116 Å². The van der Waals surface area contributed by atoms with Gasteiger partial charge in [0, 0.05) is 19.1 Å². The summed E-state index contributed by atoms with van der Waals surface area (Å²) < 4.78 is 24.6. The Morgan fingerprint density at radius 3 is 2.21 bits per heavy atom. The molecule has 0 rings (SSSR count). The van der Waals surface area contributed by atoms with E-state index < -0.39 is 33.6 Å². The number of carboxylic acid groups (broad SMARTS) is 1. The van der Waals surface area contributed by atoms with Crippen LogP contribution in [0.3, 0.4) is 0 Å². The third kappa shape index (κ3) is 6.97. The number of aliphatic carboxylic acids is 1. The summed E-state index contributed by atoms with van der Waals surface area (Å²) >= 11 is 0. The number of hydrogen-bond donors (Lipinski definition) is 3. The first-order valence-corrected chi connectivity index (χ1v) is 7.47. The van der Waals surface area contributed by atoms with Gasteiger partial charge in [-0.15, -0.1) is 0 Å². The molecule has 8 nitrogen and oxygen atoms in total. The van der Waals surface area contributed by atoms with Crippen LogP contribution in [-0.4, -0.2) is 61.9 Å². The SMILES string of the molecule is CC(C(=O)O)N(C)C(=O)NCC(C)(C)NS(C)(=O)=O. The lowest BCUT2D eigenvalue weighted by Gasteiger charge is -2.28. The molecule has 0 spiro atoms. The van der Waals surface area contributed by atoms with Crippen LogP contribution in [0, 0.1) is 0 Å². The molecule has 0 aromatic carbocycles. The Labute approximate surface area is 113 Å². The predicted octanol–water partition coefficient (Wildman–Crippen LogP) is -0.571. The molecular formula is C10H21N3O5S.